The van der Waals surface area contributed by atoms with E-state index in [0.717, 1.165) is 18.2 Å². The number of rotatable bonds is 1. The molecule has 0 fully saturated rings. The van der Waals surface area contributed by atoms with Gasteiger partial charge in [0, 0.05) is 5.22 Å². The first-order valence-corrected chi connectivity index (χ1v) is 8.11. The fraction of sp³-hybridized carbons (Fsp3) is 0.200. The van der Waals surface area contributed by atoms with Gasteiger partial charge in [-0.05, 0) is 60.1 Å². The third-order valence-electron chi connectivity index (χ3n) is 4.20. The zero-order valence-electron chi connectivity index (χ0n) is 14.4. The van der Waals surface area contributed by atoms with Crippen LogP contribution in [-0.4, -0.2) is 12.5 Å². The highest BCUT2D eigenvalue weighted by Crippen LogP contribution is 2.30. The molecule has 1 atom stereocenters. The van der Waals surface area contributed by atoms with Crippen molar-refractivity contribution >= 4 is 11.1 Å². The van der Waals surface area contributed by atoms with Gasteiger partial charge in [-0.15, -0.1) is 13.2 Å². The Labute approximate surface area is 155 Å². The number of ether oxygens (including phenoxy) is 1. The summed E-state index contributed by atoms with van der Waals surface area (Å²) in [4.78, 5) is 0. The second kappa shape index (κ2) is 7.33. The van der Waals surface area contributed by atoms with E-state index >= 15 is 0 Å². The lowest BCUT2D eigenvalue weighted by atomic mass is 9.97. The van der Waals surface area contributed by atoms with Crippen molar-refractivity contribution in [1.29, 1.82) is 0 Å². The molecule has 148 valence electrons. The lowest BCUT2D eigenvalue weighted by Gasteiger charge is -2.15. The smallest absolute Gasteiger partial charge is 0.403 e. The molecular weight excluding hydrogens is 389 g/mol. The SMILES string of the molecule is CC1=CC(F)C(=c2cc(F)c(=C3C=C(F)C(OC(F)(F)F)=CC3)c(F)c2)C=C1. The van der Waals surface area contributed by atoms with Gasteiger partial charge in [0.2, 0.25) is 0 Å². The lowest BCUT2D eigenvalue weighted by molar-refractivity contribution is -0.304. The number of alkyl halides is 4. The summed E-state index contributed by atoms with van der Waals surface area (Å²) in [5, 5.41) is -0.618. The zero-order valence-corrected chi connectivity index (χ0v) is 14.4. The summed E-state index contributed by atoms with van der Waals surface area (Å²) in [7, 11) is 0. The molecule has 0 bridgehead atoms. The Kier molecular flexibility index (Phi) is 5.23. The maximum absolute atomic E-state index is 14.5. The summed E-state index contributed by atoms with van der Waals surface area (Å²) in [6.07, 6.45) is -1.39. The first-order chi connectivity index (χ1) is 13.0. The molecule has 0 aliphatic heterocycles. The highest BCUT2D eigenvalue weighted by Gasteiger charge is 2.34. The van der Waals surface area contributed by atoms with E-state index in [0.29, 0.717) is 11.6 Å². The molecule has 1 unspecified atom stereocenters. The molecule has 3 rings (SSSR count). The van der Waals surface area contributed by atoms with Gasteiger partial charge in [-0.1, -0.05) is 17.7 Å². The van der Waals surface area contributed by atoms with E-state index in [1.165, 1.54) is 12.2 Å². The van der Waals surface area contributed by atoms with E-state index in [2.05, 4.69) is 4.74 Å². The Morgan fingerprint density at radius 3 is 2.21 bits per heavy atom. The summed E-state index contributed by atoms with van der Waals surface area (Å²) in [5.41, 5.74) is 0.521. The van der Waals surface area contributed by atoms with Crippen molar-refractivity contribution in [2.24, 2.45) is 0 Å². The molecule has 1 nitrogen and oxygen atoms in total. The van der Waals surface area contributed by atoms with Crippen LogP contribution in [0.3, 0.4) is 0 Å². The molecule has 2 aliphatic carbocycles. The summed E-state index contributed by atoms with van der Waals surface area (Å²) < 4.78 is 97.2. The third kappa shape index (κ3) is 4.21. The van der Waals surface area contributed by atoms with E-state index in [1.807, 2.05) is 0 Å². The van der Waals surface area contributed by atoms with Gasteiger partial charge in [0.25, 0.3) is 0 Å². The molecule has 0 heterocycles. The van der Waals surface area contributed by atoms with Gasteiger partial charge in [-0.3, -0.25) is 0 Å². The molecule has 2 aliphatic rings. The largest absolute Gasteiger partial charge is 0.573 e. The second-order valence-electron chi connectivity index (χ2n) is 6.25. The van der Waals surface area contributed by atoms with Crippen molar-refractivity contribution in [3.63, 3.8) is 0 Å². The van der Waals surface area contributed by atoms with E-state index in [9.17, 15) is 30.7 Å². The maximum Gasteiger partial charge on any atom is 0.573 e. The molecule has 8 heteroatoms. The van der Waals surface area contributed by atoms with Gasteiger partial charge in [0.15, 0.2) is 11.6 Å². The van der Waals surface area contributed by atoms with Gasteiger partial charge >= 0.3 is 6.36 Å². The van der Waals surface area contributed by atoms with Crippen molar-refractivity contribution in [2.45, 2.75) is 25.9 Å². The fourth-order valence-electron chi connectivity index (χ4n) is 2.96. The second-order valence-corrected chi connectivity index (χ2v) is 6.25. The van der Waals surface area contributed by atoms with E-state index < -0.39 is 41.0 Å². The molecule has 1 aromatic rings. The van der Waals surface area contributed by atoms with E-state index in [-0.39, 0.29) is 22.8 Å². The lowest BCUT2D eigenvalue weighted by Crippen LogP contribution is -2.25. The number of hydrogen-bond donors (Lipinski definition) is 0. The van der Waals surface area contributed by atoms with Crippen molar-refractivity contribution in [3.8, 4) is 0 Å². The van der Waals surface area contributed by atoms with Crippen LogP contribution in [-0.2, 0) is 4.74 Å². The Morgan fingerprint density at radius 1 is 1.04 bits per heavy atom. The van der Waals surface area contributed by atoms with Crippen LogP contribution in [0, 0.1) is 11.6 Å². The molecule has 0 amide bonds. The van der Waals surface area contributed by atoms with Crippen molar-refractivity contribution in [1.82, 2.24) is 0 Å². The van der Waals surface area contributed by atoms with Crippen LogP contribution >= 0.6 is 0 Å². The summed E-state index contributed by atoms with van der Waals surface area (Å²) in [6, 6.07) is 1.81. The zero-order chi connectivity index (χ0) is 20.6. The molecule has 0 saturated heterocycles. The minimum Gasteiger partial charge on any atom is -0.403 e. The molecule has 1 aromatic carbocycles. The molecule has 0 saturated carbocycles. The molecule has 0 N–H and O–H groups in total. The minimum atomic E-state index is -5.09. The van der Waals surface area contributed by atoms with Crippen LogP contribution in [0.4, 0.5) is 30.7 Å². The van der Waals surface area contributed by atoms with E-state index in [1.54, 1.807) is 13.0 Å². The van der Waals surface area contributed by atoms with Crippen LogP contribution in [0.1, 0.15) is 13.3 Å². The average Bonchev–Trinajstić information content (AvgIpc) is 2.55. The molecule has 0 spiro atoms. The van der Waals surface area contributed by atoms with Gasteiger partial charge in [0.05, 0.1) is 0 Å². The van der Waals surface area contributed by atoms with Crippen LogP contribution in [0.2, 0.25) is 0 Å². The quantitative estimate of drug-likeness (QED) is 0.614. The fourth-order valence-corrected chi connectivity index (χ4v) is 2.96. The predicted molar refractivity (Wildman–Crippen MR) is 89.2 cm³/mol. The van der Waals surface area contributed by atoms with Gasteiger partial charge in [-0.2, -0.15) is 0 Å². The maximum atomic E-state index is 14.5. The number of hydrogen-bond acceptors (Lipinski definition) is 1. The van der Waals surface area contributed by atoms with Crippen molar-refractivity contribution < 1.29 is 35.5 Å². The number of benzene rings is 1. The number of halogens is 7. The monoisotopic (exact) mass is 402 g/mol. The Balaban J connectivity index is 2.08. The topological polar surface area (TPSA) is 9.23 Å². The first kappa shape index (κ1) is 20.0. The van der Waals surface area contributed by atoms with Crippen LogP contribution in [0.25, 0.3) is 11.1 Å². The normalized spacial score (nSPS) is 20.0. The Bertz CT molecular complexity index is 1030. The minimum absolute atomic E-state index is 0.0243. The molecule has 28 heavy (non-hydrogen) atoms. The molecule has 0 aromatic heterocycles. The molecular formula is C20H13F7O. The standard InChI is InChI=1S/C20H13F7O/c1-10-2-4-13(14(21)6-10)12-8-16(23)19(17(24)9-12)11-3-5-18(15(22)7-11)28-20(25,26)27/h2,4-9,14H,3H2,1H3. The van der Waals surface area contributed by atoms with Crippen LogP contribution in [0.5, 0.6) is 0 Å². The van der Waals surface area contributed by atoms with Crippen molar-refractivity contribution in [2.75, 3.05) is 0 Å². The Hall–Kier alpha value is -2.77. The van der Waals surface area contributed by atoms with Crippen LogP contribution < -0.4 is 10.4 Å². The first-order valence-electron chi connectivity index (χ1n) is 8.11. The summed E-state index contributed by atoms with van der Waals surface area (Å²) >= 11 is 0. The summed E-state index contributed by atoms with van der Waals surface area (Å²) in [6.45, 7) is 1.68. The predicted octanol–water partition coefficient (Wildman–Crippen LogP) is 4.80. The third-order valence-corrected chi connectivity index (χ3v) is 4.20. The van der Waals surface area contributed by atoms with E-state index in [4.69, 9.17) is 0 Å². The summed E-state index contributed by atoms with van der Waals surface area (Å²) in [5.74, 6) is -4.64. The highest BCUT2D eigenvalue weighted by molar-refractivity contribution is 5.67. The van der Waals surface area contributed by atoms with Crippen LogP contribution in [0.15, 0.2) is 59.7 Å². The highest BCUT2D eigenvalue weighted by atomic mass is 19.4. The number of allylic oxidation sites excluding steroid dienone is 7. The van der Waals surface area contributed by atoms with Crippen molar-refractivity contribution in [3.05, 3.63) is 81.7 Å². The average molecular weight is 402 g/mol. The van der Waals surface area contributed by atoms with Gasteiger partial charge < -0.3 is 4.74 Å². The molecule has 0 radical (unpaired) electrons. The van der Waals surface area contributed by atoms with Gasteiger partial charge in [-0.25, -0.2) is 17.6 Å². The Morgan fingerprint density at radius 2 is 1.68 bits per heavy atom. The van der Waals surface area contributed by atoms with Gasteiger partial charge in [0.1, 0.15) is 17.8 Å².